The van der Waals surface area contributed by atoms with Crippen molar-refractivity contribution in [2.24, 2.45) is 0 Å². The maximum absolute atomic E-state index is 13.7. The summed E-state index contributed by atoms with van der Waals surface area (Å²) in [4.78, 5) is 34.6. The maximum atomic E-state index is 13.7. The van der Waals surface area contributed by atoms with E-state index >= 15 is 0 Å². The molecule has 0 bridgehead atoms. The van der Waals surface area contributed by atoms with Crippen molar-refractivity contribution in [1.82, 2.24) is 24.9 Å². The fraction of sp³-hybridized carbons (Fsp3) is 0.250. The summed E-state index contributed by atoms with van der Waals surface area (Å²) in [7, 11) is -2.68. The molecule has 48 heavy (non-hydrogen) atoms. The van der Waals surface area contributed by atoms with Crippen LogP contribution in [0.3, 0.4) is 0 Å². The third-order valence-electron chi connectivity index (χ3n) is 6.49. The summed E-state index contributed by atoms with van der Waals surface area (Å²) in [5.41, 5.74) is 0. The van der Waals surface area contributed by atoms with E-state index in [1.54, 1.807) is 54.6 Å². The second kappa shape index (κ2) is 16.5. The van der Waals surface area contributed by atoms with Gasteiger partial charge >= 0.3 is 6.09 Å². The van der Waals surface area contributed by atoms with Crippen LogP contribution in [-0.2, 0) is 21.2 Å². The number of unbranched alkanes of at least 4 members (excludes halogenated alkanes) is 2. The number of carbonyl (C=O) groups is 1. The van der Waals surface area contributed by atoms with E-state index < -0.39 is 16.1 Å². The van der Waals surface area contributed by atoms with Crippen molar-refractivity contribution in [3.8, 4) is 34.8 Å². The Morgan fingerprint density at radius 1 is 0.854 bits per heavy atom. The number of aromatic nitrogens is 5. The average molecular weight is 692 g/mol. The third-order valence-corrected chi connectivity index (χ3v) is 9.47. The lowest BCUT2D eigenvalue weighted by atomic mass is 10.2. The summed E-state index contributed by atoms with van der Waals surface area (Å²) in [5, 5.41) is 2.51. The maximum Gasteiger partial charge on any atom is 0.412 e. The lowest BCUT2D eigenvalue weighted by Crippen LogP contribution is -2.19. The second-order valence-corrected chi connectivity index (χ2v) is 13.0. The van der Waals surface area contributed by atoms with Gasteiger partial charge in [-0.05, 0) is 55.3 Å². The van der Waals surface area contributed by atoms with Gasteiger partial charge in [0.1, 0.15) is 23.2 Å². The molecule has 0 unspecified atom stereocenters. The Hall–Kier alpha value is -5.35. The molecular weight excluding hydrogens is 659 g/mol. The smallest absolute Gasteiger partial charge is 0.412 e. The Morgan fingerprint density at radius 3 is 2.38 bits per heavy atom. The van der Waals surface area contributed by atoms with Crippen molar-refractivity contribution >= 4 is 39.1 Å². The number of hydrogen-bond acceptors (Lipinski definition) is 13. The highest BCUT2D eigenvalue weighted by molar-refractivity contribution is 7.94. The molecule has 0 radical (unpaired) electrons. The minimum atomic E-state index is -4.15. The quantitative estimate of drug-likeness (QED) is 0.110. The Morgan fingerprint density at radius 2 is 1.62 bits per heavy atom. The van der Waals surface area contributed by atoms with E-state index in [4.69, 9.17) is 18.9 Å². The van der Waals surface area contributed by atoms with Crippen LogP contribution in [0.4, 0.5) is 16.4 Å². The number of anilines is 2. The largest absolute Gasteiger partial charge is 0.493 e. The molecule has 5 rings (SSSR count). The first-order valence-corrected chi connectivity index (χ1v) is 17.3. The van der Waals surface area contributed by atoms with Crippen molar-refractivity contribution in [3.63, 3.8) is 0 Å². The SMILES string of the molecule is CCCCCc1ccc(S(=O)(=O)Nc2nc(-c3ncccn3)nc(OCCOC(=O)Nc3ccccn3)c2Oc2ccccc2OC)s1. The van der Waals surface area contributed by atoms with Crippen LogP contribution in [0.15, 0.2) is 83.5 Å². The molecule has 0 aliphatic carbocycles. The van der Waals surface area contributed by atoms with Gasteiger partial charge in [-0.1, -0.05) is 38.0 Å². The van der Waals surface area contributed by atoms with Gasteiger partial charge in [-0.25, -0.2) is 33.1 Å². The number of methoxy groups -OCH3 is 1. The molecule has 0 fully saturated rings. The molecule has 14 nitrogen and oxygen atoms in total. The molecule has 0 spiro atoms. The fourth-order valence-corrected chi connectivity index (χ4v) is 6.63. The second-order valence-electron chi connectivity index (χ2n) is 9.96. The van der Waals surface area contributed by atoms with Crippen molar-refractivity contribution < 1.29 is 32.2 Å². The van der Waals surface area contributed by atoms with Crippen molar-refractivity contribution in [3.05, 3.63) is 84.1 Å². The summed E-state index contributed by atoms with van der Waals surface area (Å²) in [5.74, 6) is 0.396. The molecule has 4 aromatic heterocycles. The van der Waals surface area contributed by atoms with Crippen LogP contribution < -0.4 is 24.2 Å². The van der Waals surface area contributed by atoms with Crippen LogP contribution in [0, 0.1) is 0 Å². The molecule has 0 saturated carbocycles. The van der Waals surface area contributed by atoms with Gasteiger partial charge in [0, 0.05) is 23.5 Å². The Bertz CT molecular complexity index is 1910. The Labute approximate surface area is 281 Å². The molecule has 2 N–H and O–H groups in total. The van der Waals surface area contributed by atoms with Gasteiger partial charge in [0.2, 0.25) is 11.6 Å². The van der Waals surface area contributed by atoms with E-state index in [2.05, 4.69) is 41.9 Å². The van der Waals surface area contributed by atoms with Crippen LogP contribution in [0.5, 0.6) is 23.1 Å². The number of pyridine rings is 1. The lowest BCUT2D eigenvalue weighted by Gasteiger charge is -2.18. The van der Waals surface area contributed by atoms with Gasteiger partial charge < -0.3 is 18.9 Å². The van der Waals surface area contributed by atoms with Crippen LogP contribution in [0.25, 0.3) is 11.6 Å². The molecule has 5 aromatic rings. The number of amides is 1. The first-order valence-electron chi connectivity index (χ1n) is 15.0. The van der Waals surface area contributed by atoms with Crippen LogP contribution in [0.1, 0.15) is 31.1 Å². The van der Waals surface area contributed by atoms with Gasteiger partial charge in [-0.2, -0.15) is 4.98 Å². The third kappa shape index (κ3) is 9.13. The zero-order valence-corrected chi connectivity index (χ0v) is 27.8. The number of nitrogens with one attached hydrogen (secondary N) is 2. The molecule has 16 heteroatoms. The minimum Gasteiger partial charge on any atom is -0.493 e. The summed E-state index contributed by atoms with van der Waals surface area (Å²) < 4.78 is 52.9. The first kappa shape index (κ1) is 34.0. The topological polar surface area (TPSA) is 177 Å². The minimum absolute atomic E-state index is 0.0454. The van der Waals surface area contributed by atoms with Gasteiger partial charge in [0.15, 0.2) is 23.1 Å². The zero-order valence-electron chi connectivity index (χ0n) is 26.2. The number of benzene rings is 1. The number of carbonyl (C=O) groups excluding carboxylic acids is 1. The summed E-state index contributed by atoms with van der Waals surface area (Å²) >= 11 is 1.18. The number of ether oxygens (including phenoxy) is 4. The average Bonchev–Trinajstić information content (AvgIpc) is 3.59. The molecule has 1 aromatic carbocycles. The number of sulfonamides is 1. The van der Waals surface area contributed by atoms with Crippen LogP contribution >= 0.6 is 11.3 Å². The van der Waals surface area contributed by atoms with Crippen molar-refractivity contribution in [2.45, 2.75) is 36.8 Å². The van der Waals surface area contributed by atoms with Crippen molar-refractivity contribution in [1.29, 1.82) is 0 Å². The molecule has 0 saturated heterocycles. The molecule has 0 aliphatic rings. The van der Waals surface area contributed by atoms with Gasteiger partial charge in [-0.15, -0.1) is 11.3 Å². The van der Waals surface area contributed by atoms with E-state index in [1.165, 1.54) is 37.0 Å². The molecular formula is C32H33N7O7S2. The highest BCUT2D eigenvalue weighted by Gasteiger charge is 2.27. The molecule has 1 amide bonds. The number of thiophene rings is 1. The Kier molecular flexibility index (Phi) is 11.7. The predicted octanol–water partition coefficient (Wildman–Crippen LogP) is 6.35. The highest BCUT2D eigenvalue weighted by atomic mass is 32.2. The number of aryl methyl sites for hydroxylation is 1. The van der Waals surface area contributed by atoms with E-state index in [-0.39, 0.29) is 52.3 Å². The summed E-state index contributed by atoms with van der Waals surface area (Å²) in [6.07, 6.45) is 7.62. The van der Waals surface area contributed by atoms with Gasteiger partial charge in [0.25, 0.3) is 15.9 Å². The number of hydrogen-bond donors (Lipinski definition) is 2. The van der Waals surface area contributed by atoms with Crippen LogP contribution in [0.2, 0.25) is 0 Å². The molecule has 4 heterocycles. The zero-order chi connectivity index (χ0) is 33.8. The fourth-order valence-electron chi connectivity index (χ4n) is 4.23. The normalized spacial score (nSPS) is 11.0. The van der Waals surface area contributed by atoms with E-state index in [0.717, 1.165) is 30.6 Å². The standard InChI is InChI=1S/C32H33N7O7S2/c1-3-4-5-11-22-15-16-26(47-22)48(41,42)39-28-27(46-24-13-7-6-12-23(24)43-2)31(38-30(37-28)29-34-18-10-19-35-29)44-20-21-45-32(40)36-25-14-8-9-17-33-25/h6-10,12-19H,3-5,11,20-21H2,1-2H3,(H,33,36,40)(H,37,38,39). The van der Waals surface area contributed by atoms with E-state index in [9.17, 15) is 13.2 Å². The molecule has 250 valence electrons. The number of rotatable bonds is 16. The van der Waals surface area contributed by atoms with E-state index in [0.29, 0.717) is 11.6 Å². The van der Waals surface area contributed by atoms with Gasteiger partial charge in [-0.3, -0.25) is 10.0 Å². The monoisotopic (exact) mass is 691 g/mol. The highest BCUT2D eigenvalue weighted by Crippen LogP contribution is 2.41. The Balaban J connectivity index is 1.47. The van der Waals surface area contributed by atoms with Gasteiger partial charge in [0.05, 0.1) is 7.11 Å². The van der Waals surface area contributed by atoms with E-state index in [1.807, 2.05) is 6.07 Å². The predicted molar refractivity (Wildman–Crippen MR) is 179 cm³/mol. The van der Waals surface area contributed by atoms with Crippen molar-refractivity contribution in [2.75, 3.05) is 30.4 Å². The molecule has 0 atom stereocenters. The number of nitrogens with zero attached hydrogens (tertiary/aromatic N) is 5. The molecule has 0 aliphatic heterocycles. The summed E-state index contributed by atoms with van der Waals surface area (Å²) in [6, 6.07) is 16.8. The lowest BCUT2D eigenvalue weighted by molar-refractivity contribution is 0.135. The first-order chi connectivity index (χ1) is 23.4. The van der Waals surface area contributed by atoms with Crippen LogP contribution in [-0.4, -0.2) is 59.8 Å². The number of para-hydroxylation sites is 2. The summed E-state index contributed by atoms with van der Waals surface area (Å²) in [6.45, 7) is 1.72.